The second-order valence-electron chi connectivity index (χ2n) is 8.88. The fourth-order valence-corrected chi connectivity index (χ4v) is 4.49. The molecule has 0 bridgehead atoms. The smallest absolute Gasteiger partial charge is 0.265 e. The topological polar surface area (TPSA) is 58.6 Å². The normalized spacial score (nSPS) is 15.8. The number of ether oxygens (including phenoxy) is 1. The molecule has 5 nitrogen and oxygen atoms in total. The van der Waals surface area contributed by atoms with Crippen LogP contribution in [0.25, 0.3) is 0 Å². The van der Waals surface area contributed by atoms with Crippen LogP contribution in [0, 0.1) is 12.7 Å². The van der Waals surface area contributed by atoms with Crippen molar-refractivity contribution < 1.29 is 18.7 Å². The number of aryl methyl sites for hydroxylation is 1. The molecule has 0 spiro atoms. The molecule has 0 saturated heterocycles. The van der Waals surface area contributed by atoms with Crippen molar-refractivity contribution in [2.24, 2.45) is 0 Å². The van der Waals surface area contributed by atoms with Crippen LogP contribution in [0.1, 0.15) is 55.0 Å². The van der Waals surface area contributed by atoms with Crippen LogP contribution >= 0.6 is 0 Å². The third-order valence-electron chi connectivity index (χ3n) is 6.41. The molecule has 6 heteroatoms. The summed E-state index contributed by atoms with van der Waals surface area (Å²) in [6, 6.07) is 19.6. The van der Waals surface area contributed by atoms with Gasteiger partial charge in [0.15, 0.2) is 6.10 Å². The zero-order valence-electron chi connectivity index (χ0n) is 20.4. The van der Waals surface area contributed by atoms with Crippen LogP contribution in [0.3, 0.4) is 0 Å². The molecule has 0 fully saturated rings. The van der Waals surface area contributed by atoms with Gasteiger partial charge < -0.3 is 15.0 Å². The Morgan fingerprint density at radius 2 is 1.77 bits per heavy atom. The number of nitrogens with one attached hydrogen (secondary N) is 1. The summed E-state index contributed by atoms with van der Waals surface area (Å²) in [5.41, 5.74) is 4.92. The lowest BCUT2D eigenvalue weighted by Crippen LogP contribution is -2.40. The number of hydrogen-bond acceptors (Lipinski definition) is 3. The summed E-state index contributed by atoms with van der Waals surface area (Å²) < 4.78 is 19.3. The Balaban J connectivity index is 1.61. The summed E-state index contributed by atoms with van der Waals surface area (Å²) in [5.74, 6) is 0.0270. The number of halogens is 1. The van der Waals surface area contributed by atoms with Crippen molar-refractivity contribution in [3.8, 4) is 5.75 Å². The molecule has 3 aromatic rings. The van der Waals surface area contributed by atoms with E-state index in [0.29, 0.717) is 30.8 Å². The van der Waals surface area contributed by atoms with Gasteiger partial charge in [-0.3, -0.25) is 9.59 Å². The summed E-state index contributed by atoms with van der Waals surface area (Å²) in [6.45, 7) is 6.47. The minimum absolute atomic E-state index is 0.109. The van der Waals surface area contributed by atoms with Gasteiger partial charge in [-0.1, -0.05) is 49.7 Å². The zero-order chi connectivity index (χ0) is 24.9. The maximum absolute atomic E-state index is 13.2. The Morgan fingerprint density at radius 1 is 1.06 bits per heavy atom. The monoisotopic (exact) mass is 474 g/mol. The van der Waals surface area contributed by atoms with E-state index in [-0.39, 0.29) is 23.7 Å². The maximum atomic E-state index is 13.2. The highest BCUT2D eigenvalue weighted by atomic mass is 19.1. The Hall–Kier alpha value is -3.67. The van der Waals surface area contributed by atoms with Gasteiger partial charge in [-0.05, 0) is 72.9 Å². The van der Waals surface area contributed by atoms with Gasteiger partial charge in [0, 0.05) is 18.7 Å². The molecule has 3 aromatic carbocycles. The van der Waals surface area contributed by atoms with Gasteiger partial charge in [-0.25, -0.2) is 4.39 Å². The van der Waals surface area contributed by atoms with Crippen LogP contribution in [-0.4, -0.2) is 29.4 Å². The van der Waals surface area contributed by atoms with Crippen molar-refractivity contribution >= 4 is 17.5 Å². The Morgan fingerprint density at radius 3 is 2.43 bits per heavy atom. The van der Waals surface area contributed by atoms with E-state index >= 15 is 0 Å². The second-order valence-corrected chi connectivity index (χ2v) is 8.88. The van der Waals surface area contributed by atoms with Crippen LogP contribution in [-0.2, 0) is 16.0 Å². The molecule has 1 aliphatic heterocycles. The van der Waals surface area contributed by atoms with Crippen LogP contribution < -0.4 is 10.1 Å². The maximum Gasteiger partial charge on any atom is 0.265 e. The summed E-state index contributed by atoms with van der Waals surface area (Å²) in [6.07, 6.45) is 0.959. The van der Waals surface area contributed by atoms with Crippen LogP contribution in [0.4, 0.5) is 10.1 Å². The van der Waals surface area contributed by atoms with Crippen molar-refractivity contribution in [3.05, 3.63) is 94.8 Å². The molecule has 35 heavy (non-hydrogen) atoms. The second kappa shape index (κ2) is 10.7. The summed E-state index contributed by atoms with van der Waals surface area (Å²) >= 11 is 0. The molecule has 0 saturated carbocycles. The minimum Gasteiger partial charge on any atom is -0.481 e. The number of rotatable bonds is 7. The number of amides is 2. The molecule has 0 unspecified atom stereocenters. The summed E-state index contributed by atoms with van der Waals surface area (Å²) in [4.78, 5) is 27.6. The van der Waals surface area contributed by atoms with Gasteiger partial charge in [0.05, 0.1) is 6.04 Å². The van der Waals surface area contributed by atoms with Crippen molar-refractivity contribution in [2.45, 2.75) is 52.2 Å². The lowest BCUT2D eigenvalue weighted by atomic mass is 9.87. The van der Waals surface area contributed by atoms with Crippen LogP contribution in [0.2, 0.25) is 0 Å². The van der Waals surface area contributed by atoms with Crippen molar-refractivity contribution in [1.29, 1.82) is 0 Å². The molecule has 4 rings (SSSR count). The standard InChI is InChI=1S/C29H31FN2O3/c1-4-26(29(34)31-23-13-11-22(30)12-14-23)35-24-15-10-20-16-17-32(27(33)5-2)28(25(20)18-24)21-8-6-19(3)7-9-21/h6-15,18,26,28H,4-5,16-17H2,1-3H3,(H,31,34)/t26-,28-/m1/s1. The van der Waals surface area contributed by atoms with Crippen molar-refractivity contribution in [2.75, 3.05) is 11.9 Å². The van der Waals surface area contributed by atoms with Gasteiger partial charge in [-0.2, -0.15) is 0 Å². The summed E-state index contributed by atoms with van der Waals surface area (Å²) in [7, 11) is 0. The molecular weight excluding hydrogens is 443 g/mol. The number of nitrogens with zero attached hydrogens (tertiary/aromatic N) is 1. The third-order valence-corrected chi connectivity index (χ3v) is 6.41. The van der Waals surface area contributed by atoms with Crippen LogP contribution in [0.5, 0.6) is 5.75 Å². The average Bonchev–Trinajstić information content (AvgIpc) is 2.87. The molecule has 1 aliphatic rings. The highest BCUT2D eigenvalue weighted by Crippen LogP contribution is 2.38. The molecular formula is C29H31FN2O3. The number of hydrogen-bond donors (Lipinski definition) is 1. The van der Waals surface area contributed by atoms with E-state index in [1.54, 1.807) is 0 Å². The fraction of sp³-hybridized carbons (Fsp3) is 0.310. The highest BCUT2D eigenvalue weighted by Gasteiger charge is 2.32. The van der Waals surface area contributed by atoms with E-state index in [1.165, 1.54) is 29.8 Å². The van der Waals surface area contributed by atoms with Crippen LogP contribution in [0.15, 0.2) is 66.7 Å². The first-order chi connectivity index (χ1) is 16.9. The number of fused-ring (bicyclic) bond motifs is 1. The van der Waals surface area contributed by atoms with E-state index in [4.69, 9.17) is 4.74 Å². The van der Waals surface area contributed by atoms with Gasteiger partial charge >= 0.3 is 0 Å². The number of carbonyl (C=O) groups excluding carboxylic acids is 2. The number of carbonyl (C=O) groups is 2. The zero-order valence-corrected chi connectivity index (χ0v) is 20.4. The summed E-state index contributed by atoms with van der Waals surface area (Å²) in [5, 5.41) is 2.79. The molecule has 1 heterocycles. The SMILES string of the molecule is CCC(=O)N1CCc2ccc(O[C@H](CC)C(=O)Nc3ccc(F)cc3)cc2[C@H]1c1ccc(C)cc1. The molecule has 0 radical (unpaired) electrons. The predicted molar refractivity (Wildman–Crippen MR) is 135 cm³/mol. The lowest BCUT2D eigenvalue weighted by molar-refractivity contribution is -0.133. The van der Waals surface area contributed by atoms with Gasteiger partial charge in [0.2, 0.25) is 5.91 Å². The van der Waals surface area contributed by atoms with Crippen molar-refractivity contribution in [1.82, 2.24) is 4.90 Å². The van der Waals surface area contributed by atoms with E-state index in [0.717, 1.165) is 23.1 Å². The molecule has 2 amide bonds. The Kier molecular flexibility index (Phi) is 7.49. The molecule has 182 valence electrons. The van der Waals surface area contributed by atoms with Gasteiger partial charge in [-0.15, -0.1) is 0 Å². The fourth-order valence-electron chi connectivity index (χ4n) is 4.49. The Bertz CT molecular complexity index is 1190. The van der Waals surface area contributed by atoms with Gasteiger partial charge in [0.1, 0.15) is 11.6 Å². The third kappa shape index (κ3) is 5.53. The molecule has 0 aromatic heterocycles. The molecule has 2 atom stereocenters. The predicted octanol–water partition coefficient (Wildman–Crippen LogP) is 5.81. The lowest BCUT2D eigenvalue weighted by Gasteiger charge is -2.38. The quantitative estimate of drug-likeness (QED) is 0.470. The molecule has 1 N–H and O–H groups in total. The first-order valence-electron chi connectivity index (χ1n) is 12.1. The average molecular weight is 475 g/mol. The first-order valence-corrected chi connectivity index (χ1v) is 12.1. The Labute approximate surface area is 205 Å². The minimum atomic E-state index is -0.715. The van der Waals surface area contributed by atoms with E-state index in [2.05, 4.69) is 29.6 Å². The highest BCUT2D eigenvalue weighted by molar-refractivity contribution is 5.94. The first kappa shape index (κ1) is 24.5. The van der Waals surface area contributed by atoms with E-state index in [1.807, 2.05) is 43.9 Å². The van der Waals surface area contributed by atoms with E-state index in [9.17, 15) is 14.0 Å². The largest absolute Gasteiger partial charge is 0.481 e. The van der Waals surface area contributed by atoms with Crippen molar-refractivity contribution in [3.63, 3.8) is 0 Å². The van der Waals surface area contributed by atoms with Gasteiger partial charge in [0.25, 0.3) is 5.91 Å². The number of anilines is 1. The van der Waals surface area contributed by atoms with E-state index < -0.39 is 6.10 Å². The number of benzene rings is 3. The molecule has 0 aliphatic carbocycles.